The average Bonchev–Trinajstić information content (AvgIpc) is 2.83. The van der Waals surface area contributed by atoms with Crippen molar-refractivity contribution in [3.8, 4) is 0 Å². The van der Waals surface area contributed by atoms with Gasteiger partial charge in [-0.2, -0.15) is 0 Å². The van der Waals surface area contributed by atoms with Crippen molar-refractivity contribution < 1.29 is 13.2 Å². The molecule has 0 saturated heterocycles. The number of amides is 1. The van der Waals surface area contributed by atoms with Gasteiger partial charge in [0, 0.05) is 16.9 Å². The van der Waals surface area contributed by atoms with Crippen LogP contribution < -0.4 is 10.0 Å². The van der Waals surface area contributed by atoms with Crippen molar-refractivity contribution in [2.24, 2.45) is 17.8 Å². The topological polar surface area (TPSA) is 75.3 Å². The molecule has 192 valence electrons. The van der Waals surface area contributed by atoms with Crippen molar-refractivity contribution >= 4 is 38.9 Å². The Balaban J connectivity index is 1.19. The molecule has 4 aliphatic rings. The molecule has 4 bridgehead atoms. The summed E-state index contributed by atoms with van der Waals surface area (Å²) in [5.41, 5.74) is 3.97. The normalized spacial score (nSPS) is 26.2. The van der Waals surface area contributed by atoms with Crippen molar-refractivity contribution in [1.82, 2.24) is 0 Å². The number of halogens is 1. The molecule has 5 nitrogen and oxygen atoms in total. The number of aryl methyl sites for hydroxylation is 1. The van der Waals surface area contributed by atoms with Crippen LogP contribution in [0.4, 0.5) is 11.4 Å². The lowest BCUT2D eigenvalue weighted by Crippen LogP contribution is -2.48. The van der Waals surface area contributed by atoms with Gasteiger partial charge in [-0.1, -0.05) is 35.9 Å². The fourth-order valence-corrected chi connectivity index (χ4v) is 8.92. The van der Waals surface area contributed by atoms with Crippen molar-refractivity contribution in [3.63, 3.8) is 0 Å². The van der Waals surface area contributed by atoms with Crippen LogP contribution in [-0.4, -0.2) is 14.3 Å². The lowest BCUT2D eigenvalue weighted by atomic mass is 9.48. The molecule has 4 saturated carbocycles. The van der Waals surface area contributed by atoms with Crippen LogP contribution in [0.5, 0.6) is 0 Å². The van der Waals surface area contributed by atoms with E-state index in [-0.39, 0.29) is 21.4 Å². The predicted molar refractivity (Wildman–Crippen MR) is 148 cm³/mol. The van der Waals surface area contributed by atoms with Gasteiger partial charge in [-0.25, -0.2) is 8.42 Å². The van der Waals surface area contributed by atoms with Crippen LogP contribution in [0.25, 0.3) is 0 Å². The number of rotatable bonds is 6. The van der Waals surface area contributed by atoms with Crippen molar-refractivity contribution in [1.29, 1.82) is 0 Å². The molecular formula is C30H31ClN2O3S. The van der Waals surface area contributed by atoms with Gasteiger partial charge < -0.3 is 5.32 Å². The molecule has 0 radical (unpaired) electrons. The summed E-state index contributed by atoms with van der Waals surface area (Å²) in [4.78, 5) is 12.9. The molecule has 3 aromatic rings. The number of carbonyl (C=O) groups is 1. The van der Waals surface area contributed by atoms with E-state index in [1.54, 1.807) is 18.2 Å². The molecule has 37 heavy (non-hydrogen) atoms. The monoisotopic (exact) mass is 534 g/mol. The van der Waals surface area contributed by atoms with Gasteiger partial charge in [0.1, 0.15) is 4.90 Å². The minimum atomic E-state index is -3.98. The highest BCUT2D eigenvalue weighted by Crippen LogP contribution is 2.60. The SMILES string of the molecule is Cc1cccc(NS(=O)(=O)c2cc(C(=O)Nc3ccc(C45CC6CC(CC(C6)C4)C5)cc3)ccc2Cl)c1. The number of hydrogen-bond donors (Lipinski definition) is 2. The number of carbonyl (C=O) groups excluding carboxylic acids is 1. The van der Waals surface area contributed by atoms with Crippen LogP contribution in [0.15, 0.2) is 71.6 Å². The lowest BCUT2D eigenvalue weighted by Gasteiger charge is -2.57. The Morgan fingerprint density at radius 2 is 1.51 bits per heavy atom. The van der Waals surface area contributed by atoms with Crippen molar-refractivity contribution in [2.45, 2.75) is 55.8 Å². The second-order valence-corrected chi connectivity index (χ2v) is 13.4. The van der Waals surface area contributed by atoms with Crippen molar-refractivity contribution in [2.75, 3.05) is 10.0 Å². The summed E-state index contributed by atoms with van der Waals surface area (Å²) >= 11 is 6.24. The maximum Gasteiger partial charge on any atom is 0.263 e. The van der Waals surface area contributed by atoms with Crippen LogP contribution >= 0.6 is 11.6 Å². The Hall–Kier alpha value is -2.83. The zero-order chi connectivity index (χ0) is 25.8. The third kappa shape index (κ3) is 4.77. The molecule has 4 fully saturated rings. The fraction of sp³-hybridized carbons (Fsp3) is 0.367. The summed E-state index contributed by atoms with van der Waals surface area (Å²) in [6, 6.07) is 19.6. The van der Waals surface area contributed by atoms with E-state index in [9.17, 15) is 13.2 Å². The zero-order valence-electron chi connectivity index (χ0n) is 20.8. The quantitative estimate of drug-likeness (QED) is 0.352. The smallest absolute Gasteiger partial charge is 0.263 e. The van der Waals surface area contributed by atoms with Gasteiger partial charge in [0.25, 0.3) is 15.9 Å². The van der Waals surface area contributed by atoms with E-state index in [1.807, 2.05) is 25.1 Å². The molecule has 0 aromatic heterocycles. The van der Waals surface area contributed by atoms with Gasteiger partial charge in [0.05, 0.1) is 5.02 Å². The number of sulfonamides is 1. The first-order valence-electron chi connectivity index (χ1n) is 13.0. The maximum absolute atomic E-state index is 13.0. The summed E-state index contributed by atoms with van der Waals surface area (Å²) < 4.78 is 28.6. The second kappa shape index (κ2) is 9.17. The highest BCUT2D eigenvalue weighted by atomic mass is 35.5. The highest BCUT2D eigenvalue weighted by molar-refractivity contribution is 7.92. The summed E-state index contributed by atoms with van der Waals surface area (Å²) in [5.74, 6) is 2.25. The third-order valence-electron chi connectivity index (χ3n) is 8.55. The zero-order valence-corrected chi connectivity index (χ0v) is 22.4. The fourth-order valence-electron chi connectivity index (χ4n) is 7.34. The van der Waals surface area contributed by atoms with Gasteiger partial charge in [0.15, 0.2) is 0 Å². The van der Waals surface area contributed by atoms with Crippen LogP contribution in [0.1, 0.15) is 60.0 Å². The first kappa shape index (κ1) is 24.5. The number of benzene rings is 3. The molecule has 2 N–H and O–H groups in total. The first-order valence-corrected chi connectivity index (χ1v) is 14.9. The predicted octanol–water partition coefficient (Wildman–Crippen LogP) is 7.17. The maximum atomic E-state index is 13.0. The van der Waals surface area contributed by atoms with Crippen LogP contribution in [0.2, 0.25) is 5.02 Å². The second-order valence-electron chi connectivity index (χ2n) is 11.3. The molecule has 4 aliphatic carbocycles. The Morgan fingerprint density at radius 1 is 0.865 bits per heavy atom. The molecule has 0 spiro atoms. The summed E-state index contributed by atoms with van der Waals surface area (Å²) in [5, 5.41) is 2.97. The van der Waals surface area contributed by atoms with Crippen molar-refractivity contribution in [3.05, 3.63) is 88.4 Å². The molecular weight excluding hydrogens is 504 g/mol. The summed E-state index contributed by atoms with van der Waals surface area (Å²) in [6.07, 6.45) is 8.11. The standard InChI is InChI=1S/C30H31ClN2O3S/c1-19-3-2-4-26(11-19)33-37(35,36)28-15-23(5-10-27(28)31)29(34)32-25-8-6-24(7-9-25)30-16-20-12-21(17-30)14-22(13-20)18-30/h2-11,15,20-22,33H,12-14,16-18H2,1H3,(H,32,34). The van der Waals surface area contributed by atoms with E-state index in [0.29, 0.717) is 16.8 Å². The Labute approximate surface area is 223 Å². The highest BCUT2D eigenvalue weighted by Gasteiger charge is 2.51. The van der Waals surface area contributed by atoms with Gasteiger partial charge in [-0.05, 0) is 122 Å². The molecule has 0 atom stereocenters. The molecule has 0 heterocycles. The minimum Gasteiger partial charge on any atom is -0.322 e. The number of nitrogens with one attached hydrogen (secondary N) is 2. The average molecular weight is 535 g/mol. The van der Waals surface area contributed by atoms with Crippen LogP contribution in [0, 0.1) is 24.7 Å². The number of anilines is 2. The van der Waals surface area contributed by atoms with E-state index in [4.69, 9.17) is 11.6 Å². The molecule has 7 heteroatoms. The van der Waals surface area contributed by atoms with Crippen LogP contribution in [-0.2, 0) is 15.4 Å². The van der Waals surface area contributed by atoms with E-state index in [1.165, 1.54) is 62.3 Å². The van der Waals surface area contributed by atoms with E-state index < -0.39 is 10.0 Å². The first-order chi connectivity index (χ1) is 17.7. The van der Waals surface area contributed by atoms with Gasteiger partial charge >= 0.3 is 0 Å². The summed E-state index contributed by atoms with van der Waals surface area (Å²) in [7, 11) is -3.98. The molecule has 7 rings (SSSR count). The molecule has 3 aromatic carbocycles. The van der Waals surface area contributed by atoms with Gasteiger partial charge in [-0.15, -0.1) is 0 Å². The third-order valence-corrected chi connectivity index (χ3v) is 10.4. The molecule has 1 amide bonds. The van der Waals surface area contributed by atoms with E-state index >= 15 is 0 Å². The molecule has 0 aliphatic heterocycles. The summed E-state index contributed by atoms with van der Waals surface area (Å²) in [6.45, 7) is 1.88. The minimum absolute atomic E-state index is 0.0524. The van der Waals surface area contributed by atoms with E-state index in [0.717, 1.165) is 23.3 Å². The molecule has 0 unspecified atom stereocenters. The Kier molecular flexibility index (Phi) is 6.08. The van der Waals surface area contributed by atoms with Crippen LogP contribution in [0.3, 0.4) is 0 Å². The Morgan fingerprint density at radius 3 is 2.14 bits per heavy atom. The van der Waals surface area contributed by atoms with E-state index in [2.05, 4.69) is 22.2 Å². The lowest BCUT2D eigenvalue weighted by molar-refractivity contribution is -0.00518. The van der Waals surface area contributed by atoms with Gasteiger partial charge in [0.2, 0.25) is 0 Å². The Bertz CT molecular complexity index is 1430. The number of hydrogen-bond acceptors (Lipinski definition) is 3. The largest absolute Gasteiger partial charge is 0.322 e. The van der Waals surface area contributed by atoms with Gasteiger partial charge in [-0.3, -0.25) is 9.52 Å².